The van der Waals surface area contributed by atoms with Crippen LogP contribution in [0.25, 0.3) is 17.2 Å². The summed E-state index contributed by atoms with van der Waals surface area (Å²) in [7, 11) is 1.67. The number of hydrogen-bond acceptors (Lipinski definition) is 5. The molecule has 1 aliphatic heterocycles. The zero-order chi connectivity index (χ0) is 24.5. The van der Waals surface area contributed by atoms with Gasteiger partial charge in [-0.15, -0.1) is 0 Å². The largest absolute Gasteiger partial charge is 0.494 e. The van der Waals surface area contributed by atoms with E-state index in [9.17, 15) is 9.59 Å². The SMILES string of the molecule is CCOc1ccc(N2CC(C)Cn3c2nc2c3c(=O)n(CC=Cc3ccccc3)c(=O)n2C)cc1. The van der Waals surface area contributed by atoms with E-state index in [1.807, 2.05) is 78.2 Å². The molecule has 1 aliphatic rings. The molecule has 0 N–H and O–H groups in total. The molecule has 4 aromatic rings. The first-order valence-electron chi connectivity index (χ1n) is 11.9. The summed E-state index contributed by atoms with van der Waals surface area (Å²) in [5.74, 6) is 1.77. The smallest absolute Gasteiger partial charge is 0.332 e. The van der Waals surface area contributed by atoms with Gasteiger partial charge in [0.15, 0.2) is 11.2 Å². The zero-order valence-corrected chi connectivity index (χ0v) is 20.2. The normalized spacial score (nSPS) is 15.6. The van der Waals surface area contributed by atoms with Crippen molar-refractivity contribution >= 4 is 28.9 Å². The fraction of sp³-hybridized carbons (Fsp3) is 0.296. The summed E-state index contributed by atoms with van der Waals surface area (Å²) < 4.78 is 10.3. The van der Waals surface area contributed by atoms with Gasteiger partial charge in [-0.2, -0.15) is 4.98 Å². The molecular formula is C27H29N5O3. The van der Waals surface area contributed by atoms with E-state index >= 15 is 0 Å². The Bertz CT molecular complexity index is 1500. The molecule has 2 aromatic heterocycles. The average Bonchev–Trinajstić information content (AvgIpc) is 3.25. The third-order valence-electron chi connectivity index (χ3n) is 6.30. The van der Waals surface area contributed by atoms with Crippen molar-refractivity contribution in [1.82, 2.24) is 18.7 Å². The highest BCUT2D eigenvalue weighted by Crippen LogP contribution is 2.33. The number of allylic oxidation sites excluding steroid dienone is 1. The van der Waals surface area contributed by atoms with Crippen LogP contribution in [0, 0.1) is 5.92 Å². The van der Waals surface area contributed by atoms with Gasteiger partial charge in [0.2, 0.25) is 5.95 Å². The maximum absolute atomic E-state index is 13.6. The maximum Gasteiger partial charge on any atom is 0.332 e. The minimum absolute atomic E-state index is 0.189. The number of benzene rings is 2. The monoisotopic (exact) mass is 471 g/mol. The maximum atomic E-state index is 13.6. The van der Waals surface area contributed by atoms with Crippen LogP contribution in [0.15, 0.2) is 70.3 Å². The Kier molecular flexibility index (Phi) is 6.03. The van der Waals surface area contributed by atoms with Gasteiger partial charge in [0.05, 0.1) is 6.61 Å². The highest BCUT2D eigenvalue weighted by molar-refractivity contribution is 5.77. The molecule has 180 valence electrons. The molecule has 0 spiro atoms. The number of rotatable bonds is 6. The average molecular weight is 472 g/mol. The van der Waals surface area contributed by atoms with Gasteiger partial charge in [-0.05, 0) is 42.7 Å². The second kappa shape index (κ2) is 9.29. The molecule has 35 heavy (non-hydrogen) atoms. The fourth-order valence-electron chi connectivity index (χ4n) is 4.63. The second-order valence-electron chi connectivity index (χ2n) is 8.91. The third kappa shape index (κ3) is 4.16. The van der Waals surface area contributed by atoms with Crippen LogP contribution < -0.4 is 20.9 Å². The van der Waals surface area contributed by atoms with E-state index in [4.69, 9.17) is 9.72 Å². The number of hydrogen-bond donors (Lipinski definition) is 0. The standard InChI is InChI=1S/C27H29N5O3/c1-4-35-22-14-12-21(13-15-22)31-17-19(2)18-32-23-24(28-26(31)32)29(3)27(34)30(25(23)33)16-8-11-20-9-6-5-7-10-20/h5-15,19H,4,16-18H2,1-3H3. The molecule has 0 bridgehead atoms. The molecule has 0 saturated carbocycles. The van der Waals surface area contributed by atoms with Gasteiger partial charge in [0.1, 0.15) is 5.75 Å². The van der Waals surface area contributed by atoms with Gasteiger partial charge >= 0.3 is 5.69 Å². The van der Waals surface area contributed by atoms with Crippen molar-refractivity contribution in [3.63, 3.8) is 0 Å². The van der Waals surface area contributed by atoms with Crippen molar-refractivity contribution in [1.29, 1.82) is 0 Å². The minimum Gasteiger partial charge on any atom is -0.494 e. The van der Waals surface area contributed by atoms with Crippen molar-refractivity contribution in [3.05, 3.63) is 87.1 Å². The number of nitrogens with zero attached hydrogens (tertiary/aromatic N) is 5. The van der Waals surface area contributed by atoms with Crippen molar-refractivity contribution in [3.8, 4) is 5.75 Å². The van der Waals surface area contributed by atoms with Crippen LogP contribution in [-0.4, -0.2) is 31.8 Å². The van der Waals surface area contributed by atoms with Gasteiger partial charge in [0, 0.05) is 32.4 Å². The van der Waals surface area contributed by atoms with Crippen molar-refractivity contribution in [2.45, 2.75) is 26.9 Å². The highest BCUT2D eigenvalue weighted by Gasteiger charge is 2.29. The quantitative estimate of drug-likeness (QED) is 0.428. The lowest BCUT2D eigenvalue weighted by Gasteiger charge is -2.33. The summed E-state index contributed by atoms with van der Waals surface area (Å²) in [5.41, 5.74) is 2.14. The first-order valence-corrected chi connectivity index (χ1v) is 11.9. The van der Waals surface area contributed by atoms with E-state index in [-0.39, 0.29) is 23.7 Å². The molecule has 2 aromatic carbocycles. The predicted octanol–water partition coefficient (Wildman–Crippen LogP) is 3.80. The molecule has 8 nitrogen and oxygen atoms in total. The van der Waals surface area contributed by atoms with E-state index in [2.05, 4.69) is 11.8 Å². The summed E-state index contributed by atoms with van der Waals surface area (Å²) in [6.45, 7) is 6.33. The van der Waals surface area contributed by atoms with Gasteiger partial charge in [-0.3, -0.25) is 13.9 Å². The van der Waals surface area contributed by atoms with Crippen molar-refractivity contribution in [2.24, 2.45) is 13.0 Å². The van der Waals surface area contributed by atoms with Gasteiger partial charge in [-0.25, -0.2) is 4.79 Å². The van der Waals surface area contributed by atoms with E-state index in [1.165, 1.54) is 9.13 Å². The van der Waals surface area contributed by atoms with Crippen molar-refractivity contribution < 1.29 is 4.74 Å². The fourth-order valence-corrected chi connectivity index (χ4v) is 4.63. The van der Waals surface area contributed by atoms with Gasteiger partial charge < -0.3 is 14.2 Å². The number of aromatic nitrogens is 4. The Morgan fingerprint density at radius 1 is 1.06 bits per heavy atom. The van der Waals surface area contributed by atoms with Gasteiger partial charge in [0.25, 0.3) is 5.56 Å². The summed E-state index contributed by atoms with van der Waals surface area (Å²) in [4.78, 5) is 33.5. The molecule has 0 amide bonds. The number of ether oxygens (including phenoxy) is 1. The predicted molar refractivity (Wildman–Crippen MR) is 138 cm³/mol. The molecule has 1 atom stereocenters. The summed E-state index contributed by atoms with van der Waals surface area (Å²) in [6, 6.07) is 17.7. The van der Waals surface area contributed by atoms with E-state index in [0.29, 0.717) is 30.3 Å². The third-order valence-corrected chi connectivity index (χ3v) is 6.30. The van der Waals surface area contributed by atoms with Crippen LogP contribution in [0.4, 0.5) is 11.6 Å². The van der Waals surface area contributed by atoms with E-state index < -0.39 is 0 Å². The Hall–Kier alpha value is -4.07. The summed E-state index contributed by atoms with van der Waals surface area (Å²) in [5, 5.41) is 0. The lowest BCUT2D eigenvalue weighted by molar-refractivity contribution is 0.340. The highest BCUT2D eigenvalue weighted by atomic mass is 16.5. The molecule has 5 rings (SSSR count). The molecule has 8 heteroatoms. The number of aryl methyl sites for hydroxylation is 1. The van der Waals surface area contributed by atoms with Crippen molar-refractivity contribution in [2.75, 3.05) is 18.1 Å². The zero-order valence-electron chi connectivity index (χ0n) is 20.2. The molecule has 0 fully saturated rings. The number of fused-ring (bicyclic) bond motifs is 3. The Morgan fingerprint density at radius 3 is 2.51 bits per heavy atom. The van der Waals surface area contributed by atoms with Crippen LogP contribution in [0.1, 0.15) is 19.4 Å². The van der Waals surface area contributed by atoms with Crippen LogP contribution in [-0.2, 0) is 20.1 Å². The number of anilines is 2. The minimum atomic E-state index is -0.378. The van der Waals surface area contributed by atoms with Crippen LogP contribution in [0.3, 0.4) is 0 Å². The van der Waals surface area contributed by atoms with Crippen LogP contribution >= 0.6 is 0 Å². The van der Waals surface area contributed by atoms with E-state index in [1.54, 1.807) is 7.05 Å². The lowest BCUT2D eigenvalue weighted by atomic mass is 10.1. The lowest BCUT2D eigenvalue weighted by Crippen LogP contribution is -2.40. The van der Waals surface area contributed by atoms with Crippen LogP contribution in [0.5, 0.6) is 5.75 Å². The molecule has 3 heterocycles. The Labute approximate surface area is 203 Å². The van der Waals surface area contributed by atoms with Crippen LogP contribution in [0.2, 0.25) is 0 Å². The molecular weight excluding hydrogens is 442 g/mol. The van der Waals surface area contributed by atoms with Gasteiger partial charge in [-0.1, -0.05) is 49.4 Å². The first kappa shape index (κ1) is 22.7. The second-order valence-corrected chi connectivity index (χ2v) is 8.91. The Balaban J connectivity index is 1.58. The molecule has 0 saturated heterocycles. The number of imidazole rings is 1. The molecule has 0 aliphatic carbocycles. The summed E-state index contributed by atoms with van der Waals surface area (Å²) >= 11 is 0. The topological polar surface area (TPSA) is 74.3 Å². The summed E-state index contributed by atoms with van der Waals surface area (Å²) in [6.07, 6.45) is 3.75. The molecule has 1 unspecified atom stereocenters. The molecule has 0 radical (unpaired) electrons. The first-order chi connectivity index (χ1) is 17.0. The Morgan fingerprint density at radius 2 is 1.80 bits per heavy atom. The van der Waals surface area contributed by atoms with E-state index in [0.717, 1.165) is 23.5 Å².